The largest absolute Gasteiger partial charge is 0.493 e. The van der Waals surface area contributed by atoms with Crippen molar-refractivity contribution in [3.63, 3.8) is 0 Å². The average molecular weight is 1110 g/mol. The van der Waals surface area contributed by atoms with E-state index in [1.54, 1.807) is 60.6 Å². The SMILES string of the molecule is COc1cc2c(cc1OCCCCCOc1cc3c(cc1OC)C(=O)N1C=C(C)C[C@H]1[C@H](O)N3C(=O)OCc1ccc(CC(=O)[C@H](C)NC(=O)[C@@H](CC(=O)CCCCCN3C(=O)C=CC3=O)C(C)C)cc1)N=C[C@@H]1CC(C)=CN1C2=O. The Morgan fingerprint density at radius 3 is 2.00 bits per heavy atom. The van der Waals surface area contributed by atoms with Gasteiger partial charge in [-0.05, 0) is 94.9 Å². The lowest BCUT2D eigenvalue weighted by Gasteiger charge is -2.31. The highest BCUT2D eigenvalue weighted by molar-refractivity contribution is 6.13. The Balaban J connectivity index is 0.829. The second-order valence-corrected chi connectivity index (χ2v) is 21.6. The fourth-order valence-corrected chi connectivity index (χ4v) is 10.5. The van der Waals surface area contributed by atoms with Crippen LogP contribution >= 0.6 is 0 Å². The van der Waals surface area contributed by atoms with E-state index in [4.69, 9.17) is 23.7 Å². The molecule has 5 atom stereocenters. The van der Waals surface area contributed by atoms with E-state index in [0.717, 1.165) is 22.5 Å². The lowest BCUT2D eigenvalue weighted by atomic mass is 9.88. The van der Waals surface area contributed by atoms with Crippen LogP contribution in [0.15, 0.2) is 89.2 Å². The molecular formula is C61H72N6O14. The van der Waals surface area contributed by atoms with Gasteiger partial charge in [0.2, 0.25) is 5.91 Å². The van der Waals surface area contributed by atoms with Crippen molar-refractivity contribution in [2.45, 2.75) is 136 Å². The minimum Gasteiger partial charge on any atom is -0.493 e. The van der Waals surface area contributed by atoms with Crippen molar-refractivity contribution in [3.05, 3.63) is 106 Å². The Hall–Kier alpha value is -8.13. The molecule has 0 spiro atoms. The molecule has 20 nitrogen and oxygen atoms in total. The number of rotatable bonds is 26. The zero-order chi connectivity index (χ0) is 58.1. The van der Waals surface area contributed by atoms with Crippen molar-refractivity contribution >= 4 is 64.8 Å². The van der Waals surface area contributed by atoms with Crippen LogP contribution in [0, 0.1) is 11.8 Å². The molecule has 0 radical (unpaired) electrons. The summed E-state index contributed by atoms with van der Waals surface area (Å²) in [5.74, 6) is -1.36. The summed E-state index contributed by atoms with van der Waals surface area (Å²) in [5, 5.41) is 14.7. The van der Waals surface area contributed by atoms with Crippen LogP contribution in [0.3, 0.4) is 0 Å². The first-order chi connectivity index (χ1) is 38.8. The number of hydrogen-bond acceptors (Lipinski definition) is 15. The summed E-state index contributed by atoms with van der Waals surface area (Å²) in [6, 6.07) is 11.5. The summed E-state index contributed by atoms with van der Waals surface area (Å²) >= 11 is 0. The number of aliphatic hydroxyl groups excluding tert-OH is 1. The number of aliphatic hydroxyl groups is 1. The Bertz CT molecular complexity index is 3040. The second kappa shape index (κ2) is 26.4. The Labute approximate surface area is 471 Å². The number of anilines is 1. The predicted molar refractivity (Wildman–Crippen MR) is 299 cm³/mol. The molecule has 0 unspecified atom stereocenters. The molecule has 0 aliphatic carbocycles. The maximum Gasteiger partial charge on any atom is 0.416 e. The minimum absolute atomic E-state index is 0.0000611. The molecule has 8 rings (SSSR count). The van der Waals surface area contributed by atoms with Gasteiger partial charge in [0.1, 0.15) is 12.4 Å². The normalized spacial score (nSPS) is 18.8. The number of carbonyl (C=O) groups excluding carboxylic acids is 8. The maximum atomic E-state index is 14.2. The van der Waals surface area contributed by atoms with E-state index < -0.39 is 36.2 Å². The molecule has 0 fully saturated rings. The number of benzene rings is 3. The topological polar surface area (TPSA) is 240 Å². The van der Waals surface area contributed by atoms with E-state index in [9.17, 15) is 43.5 Å². The summed E-state index contributed by atoms with van der Waals surface area (Å²) in [6.07, 6.45) is 10.5. The third kappa shape index (κ3) is 13.9. The molecule has 5 aliphatic rings. The van der Waals surface area contributed by atoms with Crippen LogP contribution in [0.2, 0.25) is 0 Å². The number of carbonyl (C=O) groups is 8. The molecule has 6 amide bonds. The first-order valence-corrected chi connectivity index (χ1v) is 27.7. The predicted octanol–water partition coefficient (Wildman–Crippen LogP) is 8.09. The van der Waals surface area contributed by atoms with E-state index in [1.807, 2.05) is 33.9 Å². The van der Waals surface area contributed by atoms with Crippen molar-refractivity contribution in [1.82, 2.24) is 20.0 Å². The van der Waals surface area contributed by atoms with Gasteiger partial charge in [-0.25, -0.2) is 9.69 Å². The molecule has 5 heterocycles. The van der Waals surface area contributed by atoms with Gasteiger partial charge < -0.3 is 43.9 Å². The van der Waals surface area contributed by atoms with Crippen molar-refractivity contribution in [1.29, 1.82) is 0 Å². The van der Waals surface area contributed by atoms with Crippen molar-refractivity contribution < 1.29 is 67.1 Å². The van der Waals surface area contributed by atoms with Gasteiger partial charge in [-0.1, -0.05) is 55.7 Å². The summed E-state index contributed by atoms with van der Waals surface area (Å²) in [7, 11) is 2.97. The summed E-state index contributed by atoms with van der Waals surface area (Å²) in [4.78, 5) is 115. The number of ether oxygens (including phenoxy) is 5. The van der Waals surface area contributed by atoms with Gasteiger partial charge in [-0.2, -0.15) is 0 Å². The van der Waals surface area contributed by atoms with Crippen molar-refractivity contribution in [2.75, 3.05) is 38.9 Å². The monoisotopic (exact) mass is 1110 g/mol. The van der Waals surface area contributed by atoms with Crippen LogP contribution < -0.4 is 29.2 Å². The van der Waals surface area contributed by atoms with Crippen LogP contribution in [0.5, 0.6) is 23.0 Å². The Morgan fingerprint density at radius 1 is 0.728 bits per heavy atom. The molecule has 81 heavy (non-hydrogen) atoms. The van der Waals surface area contributed by atoms with Crippen LogP contribution in [0.1, 0.15) is 131 Å². The van der Waals surface area contributed by atoms with Gasteiger partial charge in [0, 0.05) is 74.6 Å². The van der Waals surface area contributed by atoms with Gasteiger partial charge in [-0.15, -0.1) is 0 Å². The Kier molecular flexibility index (Phi) is 19.3. The highest BCUT2D eigenvalue weighted by atomic mass is 16.6. The molecule has 5 aliphatic heterocycles. The number of nitrogens with one attached hydrogen (secondary N) is 1. The van der Waals surface area contributed by atoms with Crippen molar-refractivity contribution in [3.8, 4) is 23.0 Å². The minimum atomic E-state index is -1.50. The first-order valence-electron chi connectivity index (χ1n) is 27.7. The van der Waals surface area contributed by atoms with Crippen LogP contribution in [-0.2, 0) is 41.7 Å². The number of methoxy groups -OCH3 is 2. The average Bonchev–Trinajstić information content (AvgIpc) is 4.19. The first kappa shape index (κ1) is 59.0. The fraction of sp³-hybridized carbons (Fsp3) is 0.459. The van der Waals surface area contributed by atoms with Gasteiger partial charge in [-0.3, -0.25) is 43.5 Å². The smallest absolute Gasteiger partial charge is 0.416 e. The molecule has 20 heteroatoms. The number of unbranched alkanes of at least 4 members (excludes halogenated alkanes) is 4. The number of ketones is 2. The zero-order valence-corrected chi connectivity index (χ0v) is 47.1. The highest BCUT2D eigenvalue weighted by Crippen LogP contribution is 2.43. The third-order valence-corrected chi connectivity index (χ3v) is 15.2. The lowest BCUT2D eigenvalue weighted by molar-refractivity contribution is -0.137. The molecule has 0 saturated carbocycles. The number of hydrogen-bond donors (Lipinski definition) is 2. The quantitative estimate of drug-likeness (QED) is 0.0571. The highest BCUT2D eigenvalue weighted by Gasteiger charge is 2.45. The number of amides is 6. The molecule has 430 valence electrons. The number of aliphatic imine (C=N–C) groups is 1. The fourth-order valence-electron chi connectivity index (χ4n) is 10.5. The van der Waals surface area contributed by atoms with E-state index in [2.05, 4.69) is 10.3 Å². The lowest BCUT2D eigenvalue weighted by Crippen LogP contribution is -2.50. The number of Topliss-reactive ketones (excluding diaryl/α,β-unsaturated/α-hetero) is 2. The van der Waals surface area contributed by atoms with E-state index in [0.29, 0.717) is 92.0 Å². The van der Waals surface area contributed by atoms with Gasteiger partial charge in [0.15, 0.2) is 35.0 Å². The van der Waals surface area contributed by atoms with E-state index in [-0.39, 0.29) is 102 Å². The molecule has 0 aromatic heterocycles. The van der Waals surface area contributed by atoms with Gasteiger partial charge in [0.25, 0.3) is 23.6 Å². The van der Waals surface area contributed by atoms with Crippen molar-refractivity contribution in [2.24, 2.45) is 16.8 Å². The van der Waals surface area contributed by atoms with E-state index in [1.165, 1.54) is 48.3 Å². The number of nitrogens with zero attached hydrogens (tertiary/aromatic N) is 5. The standard InChI is InChI=1S/C61H72N6O14/c1-36(2)44(27-43(68)14-10-8-11-21-64-55(70)19-20-56(64)71)57(72)63-39(5)50(69)26-40-15-17-41(18-16-40)35-81-61(76)67-48-31-54(52(78-7)29-46(48)59(74)66-34-38(4)25-49(66)60(67)75)80-23-13-9-12-22-79-53-30-47-45(28-51(53)77-6)58(73)65-33-37(3)24-42(65)32-62-47/h15-20,28-34,36,39,42,44,49,60,75H,8-14,21-27,35H2,1-7H3,(H,63,72)/t39-,42-,44-,49-,60-/m0/s1. The summed E-state index contributed by atoms with van der Waals surface area (Å²) < 4.78 is 29.5. The van der Waals surface area contributed by atoms with Crippen LogP contribution in [0.4, 0.5) is 16.2 Å². The van der Waals surface area contributed by atoms with Crippen LogP contribution in [0.25, 0.3) is 0 Å². The molecule has 0 saturated heterocycles. The number of imide groups is 1. The summed E-state index contributed by atoms with van der Waals surface area (Å²) in [5.41, 5.74) is 4.31. The molecule has 2 N–H and O–H groups in total. The molecule has 0 bridgehead atoms. The Morgan fingerprint density at radius 2 is 1.33 bits per heavy atom. The maximum absolute atomic E-state index is 14.2. The molecular weight excluding hydrogens is 1040 g/mol. The molecule has 3 aromatic rings. The summed E-state index contributed by atoms with van der Waals surface area (Å²) in [6.45, 7) is 9.82. The van der Waals surface area contributed by atoms with E-state index >= 15 is 0 Å². The molecule has 3 aromatic carbocycles. The van der Waals surface area contributed by atoms with Crippen LogP contribution in [-0.4, -0.2) is 132 Å². The second-order valence-electron chi connectivity index (χ2n) is 21.6. The zero-order valence-electron chi connectivity index (χ0n) is 47.1. The van der Waals surface area contributed by atoms with Gasteiger partial charge >= 0.3 is 6.09 Å². The van der Waals surface area contributed by atoms with Gasteiger partial charge in [0.05, 0.1) is 68.1 Å². The third-order valence-electron chi connectivity index (χ3n) is 15.2. The number of fused-ring (bicyclic) bond motifs is 4.